The van der Waals surface area contributed by atoms with Crippen molar-refractivity contribution in [1.29, 1.82) is 0 Å². The lowest BCUT2D eigenvalue weighted by Crippen LogP contribution is -2.36. The highest BCUT2D eigenvalue weighted by molar-refractivity contribution is 8.00. The number of fused-ring (bicyclic) bond motifs is 1. The zero-order chi connectivity index (χ0) is 43.4. The van der Waals surface area contributed by atoms with E-state index in [9.17, 15) is 28.0 Å². The molecule has 1 aromatic heterocycles. The maximum absolute atomic E-state index is 14.3. The molecular weight excluding hydrogens is 819 g/mol. The number of hydrogen-bond acceptors (Lipinski definition) is 13. The summed E-state index contributed by atoms with van der Waals surface area (Å²) in [4.78, 5) is 50.0. The lowest BCUT2D eigenvalue weighted by atomic mass is 9.85. The van der Waals surface area contributed by atoms with Gasteiger partial charge >= 0.3 is 6.03 Å². The molecule has 0 bridgehead atoms. The zero-order valence-electron chi connectivity index (χ0n) is 34.1. The fraction of sp³-hybridized carbons (Fsp3) is 0.561. The van der Waals surface area contributed by atoms with E-state index in [2.05, 4.69) is 26.3 Å². The van der Waals surface area contributed by atoms with E-state index in [4.69, 9.17) is 35.2 Å². The van der Waals surface area contributed by atoms with Gasteiger partial charge in [-0.2, -0.15) is 11.8 Å². The number of primary amides is 1. The summed E-state index contributed by atoms with van der Waals surface area (Å²) in [5, 5.41) is 17.6. The van der Waals surface area contributed by atoms with E-state index in [1.165, 1.54) is 16.8 Å². The summed E-state index contributed by atoms with van der Waals surface area (Å²) in [6, 6.07) is 8.33. The number of thioether (sulfide) groups is 1. The maximum atomic E-state index is 14.3. The van der Waals surface area contributed by atoms with Gasteiger partial charge < -0.3 is 51.1 Å². The Bertz CT molecular complexity index is 1870. The molecule has 3 heterocycles. The Balaban J connectivity index is 0.947. The molecule has 2 saturated heterocycles. The fourth-order valence-electron chi connectivity index (χ4n) is 7.10. The summed E-state index contributed by atoms with van der Waals surface area (Å²) in [5.74, 6) is -3.88. The standard InChI is InChI=1S/C41H56F2N8O9S/c42-30-9-6-10-31(43)39(30)60-25-34(52)28(7-3-4-14-44)37-29(40(45)54)8-5-11-33(37)51-23-27(49-50-51)24-59-22-21-58-20-19-57-18-17-56-16-15-46-36(53)13-2-1-12-35-38-32(26-61-35)47-41(55)48-38/h5-6,8-11,23,28,32,35,38H,1-4,7,12-22,24-26,44H2,(H2,45,54)(H,46,53)(H2,47,48,55)/t28-,32+,35+,38+/m1/s1. The first-order chi connectivity index (χ1) is 29.7. The van der Waals surface area contributed by atoms with Crippen LogP contribution >= 0.6 is 11.8 Å². The number of rotatable bonds is 30. The third-order valence-electron chi connectivity index (χ3n) is 10.1. The van der Waals surface area contributed by atoms with Crippen molar-refractivity contribution in [2.45, 2.75) is 74.8 Å². The van der Waals surface area contributed by atoms with Crippen molar-refractivity contribution < 1.29 is 51.6 Å². The Hall–Kier alpha value is -4.73. The number of unbranched alkanes of at least 4 members (excludes halogenated alkanes) is 2. The van der Waals surface area contributed by atoms with Gasteiger partial charge in [0.05, 0.1) is 76.8 Å². The molecule has 2 fully saturated rings. The van der Waals surface area contributed by atoms with Crippen LogP contribution in [0.5, 0.6) is 5.75 Å². The molecule has 61 heavy (non-hydrogen) atoms. The number of aromatic nitrogens is 3. The van der Waals surface area contributed by atoms with Gasteiger partial charge in [0.1, 0.15) is 12.3 Å². The number of carbonyl (C=O) groups is 4. The number of amides is 4. The summed E-state index contributed by atoms with van der Waals surface area (Å²) >= 11 is 1.88. The molecule has 17 nitrogen and oxygen atoms in total. The molecular formula is C41H56F2N8O9S. The van der Waals surface area contributed by atoms with Gasteiger partial charge in [-0.15, -0.1) is 5.10 Å². The average Bonchev–Trinajstić information content (AvgIpc) is 3.97. The highest BCUT2D eigenvalue weighted by Crippen LogP contribution is 2.34. The van der Waals surface area contributed by atoms with Gasteiger partial charge in [-0.3, -0.25) is 14.4 Å². The maximum Gasteiger partial charge on any atom is 0.315 e. The number of ether oxygens (including phenoxy) is 5. The molecule has 334 valence electrons. The quantitative estimate of drug-likeness (QED) is 0.0480. The van der Waals surface area contributed by atoms with E-state index in [1.807, 2.05) is 11.8 Å². The second-order valence-electron chi connectivity index (χ2n) is 14.5. The van der Waals surface area contributed by atoms with Crippen molar-refractivity contribution in [3.63, 3.8) is 0 Å². The number of Topliss-reactive ketones (excluding diaryl/α,β-unsaturated/α-hetero) is 1. The van der Waals surface area contributed by atoms with E-state index in [0.29, 0.717) is 88.6 Å². The van der Waals surface area contributed by atoms with Crippen molar-refractivity contribution in [2.75, 3.05) is 71.7 Å². The molecule has 0 unspecified atom stereocenters. The monoisotopic (exact) mass is 874 g/mol. The van der Waals surface area contributed by atoms with Crippen LogP contribution in [0, 0.1) is 11.6 Å². The van der Waals surface area contributed by atoms with Gasteiger partial charge in [-0.1, -0.05) is 30.2 Å². The number of carbonyl (C=O) groups excluding carboxylic acids is 4. The number of benzene rings is 2. The number of nitrogens with one attached hydrogen (secondary N) is 3. The predicted octanol–water partition coefficient (Wildman–Crippen LogP) is 2.91. The van der Waals surface area contributed by atoms with Crippen molar-refractivity contribution in [3.05, 3.63) is 71.1 Å². The van der Waals surface area contributed by atoms with E-state index in [0.717, 1.165) is 37.1 Å². The van der Waals surface area contributed by atoms with Gasteiger partial charge in [-0.25, -0.2) is 18.3 Å². The minimum atomic E-state index is -0.950. The minimum Gasteiger partial charge on any atom is -0.480 e. The summed E-state index contributed by atoms with van der Waals surface area (Å²) in [5.41, 5.74) is 12.7. The number of ketones is 1. The van der Waals surface area contributed by atoms with E-state index >= 15 is 0 Å². The molecule has 0 saturated carbocycles. The molecule has 4 atom stereocenters. The SMILES string of the molecule is NCCCC[C@H](C(=O)COc1c(F)cccc1F)c1c(C(N)=O)cccc1-n1cc(COCCOCCOCCOCCNC(=O)CCCC[C@@H]2SC[C@@H]3NC(=O)N[C@@H]32)nn1. The first-order valence-corrected chi connectivity index (χ1v) is 21.6. The number of nitrogens with zero attached hydrogens (tertiary/aromatic N) is 3. The molecule has 4 amide bonds. The van der Waals surface area contributed by atoms with Crippen molar-refractivity contribution in [2.24, 2.45) is 11.5 Å². The number of urea groups is 1. The molecule has 7 N–H and O–H groups in total. The van der Waals surface area contributed by atoms with Crippen molar-refractivity contribution in [3.8, 4) is 11.4 Å². The first-order valence-electron chi connectivity index (χ1n) is 20.6. The van der Waals surface area contributed by atoms with E-state index in [-0.39, 0.29) is 54.8 Å². The fourth-order valence-corrected chi connectivity index (χ4v) is 8.64. The summed E-state index contributed by atoms with van der Waals surface area (Å²) in [6.45, 7) is 2.69. The van der Waals surface area contributed by atoms with Gasteiger partial charge in [0.25, 0.3) is 0 Å². The Morgan fingerprint density at radius 3 is 2.34 bits per heavy atom. The van der Waals surface area contributed by atoms with Crippen molar-refractivity contribution in [1.82, 2.24) is 30.9 Å². The predicted molar refractivity (Wildman–Crippen MR) is 221 cm³/mol. The molecule has 2 aliphatic rings. The largest absolute Gasteiger partial charge is 0.480 e. The summed E-state index contributed by atoms with van der Waals surface area (Å²) < 4.78 is 57.6. The molecule has 3 aromatic rings. The van der Waals surface area contributed by atoms with Crippen LogP contribution in [0.1, 0.15) is 72.5 Å². The lowest BCUT2D eigenvalue weighted by molar-refractivity contribution is -0.123. The second-order valence-corrected chi connectivity index (χ2v) is 15.8. The smallest absolute Gasteiger partial charge is 0.315 e. The summed E-state index contributed by atoms with van der Waals surface area (Å²) in [6.07, 6.45) is 6.15. The van der Waals surface area contributed by atoms with E-state index in [1.54, 1.807) is 18.3 Å². The van der Waals surface area contributed by atoms with Crippen LogP contribution in [0.4, 0.5) is 13.6 Å². The third kappa shape index (κ3) is 14.7. The average molecular weight is 875 g/mol. The van der Waals surface area contributed by atoms with Crippen LogP contribution in [0.25, 0.3) is 5.69 Å². The van der Waals surface area contributed by atoms with Gasteiger partial charge in [-0.05, 0) is 56.5 Å². The molecule has 0 radical (unpaired) electrons. The zero-order valence-corrected chi connectivity index (χ0v) is 34.9. The normalized spacial score (nSPS) is 17.4. The number of hydrogen-bond donors (Lipinski definition) is 5. The van der Waals surface area contributed by atoms with Crippen LogP contribution in [-0.2, 0) is 35.1 Å². The number of para-hydroxylation sites is 1. The summed E-state index contributed by atoms with van der Waals surface area (Å²) in [7, 11) is 0. The Morgan fingerprint density at radius 2 is 1.62 bits per heavy atom. The molecule has 0 aliphatic carbocycles. The topological polar surface area (TPSA) is 233 Å². The lowest BCUT2D eigenvalue weighted by Gasteiger charge is -2.22. The van der Waals surface area contributed by atoms with Gasteiger partial charge in [0.15, 0.2) is 23.2 Å². The van der Waals surface area contributed by atoms with Crippen LogP contribution in [0.2, 0.25) is 0 Å². The molecule has 0 spiro atoms. The second kappa shape index (κ2) is 25.3. The first kappa shape index (κ1) is 47.3. The van der Waals surface area contributed by atoms with Crippen molar-refractivity contribution >= 4 is 35.4 Å². The molecule has 2 aromatic carbocycles. The molecule has 2 aliphatic heterocycles. The highest BCUT2D eigenvalue weighted by atomic mass is 32.2. The van der Waals surface area contributed by atoms with Gasteiger partial charge in [0.2, 0.25) is 11.8 Å². The van der Waals surface area contributed by atoms with Gasteiger partial charge in [0, 0.05) is 41.0 Å². The molecule has 5 rings (SSSR count). The van der Waals surface area contributed by atoms with Crippen LogP contribution in [-0.4, -0.2) is 128 Å². The van der Waals surface area contributed by atoms with E-state index < -0.39 is 41.6 Å². The van der Waals surface area contributed by atoms with Crippen LogP contribution < -0.4 is 32.2 Å². The van der Waals surface area contributed by atoms with Crippen LogP contribution in [0.15, 0.2) is 42.6 Å². The Morgan fingerprint density at radius 1 is 0.918 bits per heavy atom. The number of nitrogens with two attached hydrogens (primary N) is 2. The number of halogens is 2. The van der Waals surface area contributed by atoms with Crippen LogP contribution in [0.3, 0.4) is 0 Å². The third-order valence-corrected chi connectivity index (χ3v) is 11.6. The Labute approximate surface area is 357 Å². The minimum absolute atomic E-state index is 0.00236. The highest BCUT2D eigenvalue weighted by Gasteiger charge is 2.42. The Kier molecular flexibility index (Phi) is 19.6. The molecule has 20 heteroatoms.